The Balaban J connectivity index is 1.93. The highest BCUT2D eigenvalue weighted by Crippen LogP contribution is 2.42. The molecule has 1 saturated carbocycles. The van der Waals surface area contributed by atoms with Gasteiger partial charge in [-0.3, -0.25) is 0 Å². The average Bonchev–Trinajstić information content (AvgIpc) is 2.89. The van der Waals surface area contributed by atoms with Gasteiger partial charge < -0.3 is 15.5 Å². The fourth-order valence-electron chi connectivity index (χ4n) is 4.78. The summed E-state index contributed by atoms with van der Waals surface area (Å²) in [7, 11) is 0. The maximum atomic E-state index is 15.7. The first-order valence-electron chi connectivity index (χ1n) is 13.6. The number of nitrogens with one attached hydrogen (secondary N) is 2. The fourth-order valence-corrected chi connectivity index (χ4v) is 5.81. The molecule has 0 amide bonds. The zero-order valence-electron chi connectivity index (χ0n) is 23.1. The van der Waals surface area contributed by atoms with Gasteiger partial charge in [-0.25, -0.2) is 13.8 Å². The molecule has 0 radical (unpaired) electrons. The highest BCUT2D eigenvalue weighted by molar-refractivity contribution is 8.12. The van der Waals surface area contributed by atoms with Crippen LogP contribution in [-0.2, 0) is 0 Å². The normalized spacial score (nSPS) is 18.0. The SMILES string of the molecule is C=C(NCC(C)C)C(=C)S/C(=C(\C)C(=C)N1CCC(F)CC1)c1cnc(NC2CCCCC2)c(F)c1C. The van der Waals surface area contributed by atoms with Gasteiger partial charge in [-0.05, 0) is 56.6 Å². The van der Waals surface area contributed by atoms with E-state index in [2.05, 4.69) is 54.1 Å². The highest BCUT2D eigenvalue weighted by atomic mass is 32.2. The lowest BCUT2D eigenvalue weighted by Gasteiger charge is -2.33. The van der Waals surface area contributed by atoms with Crippen LogP contribution in [0.1, 0.15) is 76.8 Å². The highest BCUT2D eigenvalue weighted by Gasteiger charge is 2.25. The number of alkyl halides is 1. The summed E-state index contributed by atoms with van der Waals surface area (Å²) in [5.74, 6) is 0.468. The zero-order chi connectivity index (χ0) is 27.1. The molecule has 204 valence electrons. The van der Waals surface area contributed by atoms with E-state index in [0.717, 1.165) is 59.0 Å². The Bertz CT molecular complexity index is 1020. The molecule has 1 aromatic heterocycles. The third kappa shape index (κ3) is 7.86. The first kappa shape index (κ1) is 29.3. The molecule has 3 rings (SSSR count). The van der Waals surface area contributed by atoms with Gasteiger partial charge in [-0.15, -0.1) is 0 Å². The number of aromatic nitrogens is 1. The van der Waals surface area contributed by atoms with E-state index in [4.69, 9.17) is 0 Å². The predicted octanol–water partition coefficient (Wildman–Crippen LogP) is 7.96. The van der Waals surface area contributed by atoms with Gasteiger partial charge in [0.1, 0.15) is 6.17 Å². The molecule has 2 fully saturated rings. The van der Waals surface area contributed by atoms with E-state index in [1.54, 1.807) is 13.1 Å². The first-order chi connectivity index (χ1) is 17.6. The van der Waals surface area contributed by atoms with Crippen molar-refractivity contribution in [2.45, 2.75) is 84.9 Å². The minimum atomic E-state index is -0.762. The van der Waals surface area contributed by atoms with Gasteiger partial charge >= 0.3 is 0 Å². The molecular weight excluding hydrogens is 486 g/mol. The first-order valence-corrected chi connectivity index (χ1v) is 14.4. The van der Waals surface area contributed by atoms with Gasteiger partial charge in [0, 0.05) is 58.6 Å². The second kappa shape index (κ2) is 13.5. The third-order valence-electron chi connectivity index (χ3n) is 7.32. The van der Waals surface area contributed by atoms with Crippen LogP contribution in [0.25, 0.3) is 4.91 Å². The van der Waals surface area contributed by atoms with Crippen LogP contribution >= 0.6 is 11.8 Å². The molecule has 2 heterocycles. The Morgan fingerprint density at radius 1 is 1.14 bits per heavy atom. The smallest absolute Gasteiger partial charge is 0.168 e. The van der Waals surface area contributed by atoms with E-state index < -0.39 is 6.17 Å². The van der Waals surface area contributed by atoms with Crippen LogP contribution in [0.5, 0.6) is 0 Å². The Labute approximate surface area is 226 Å². The number of hydrogen-bond donors (Lipinski definition) is 2. The standard InChI is InChI=1S/C30H44F2N4S/c1-19(2)17-33-22(5)24(7)37-29(20(3)23(6)36-15-13-25(31)14-16-36)27-18-34-30(28(32)21(27)4)35-26-11-9-8-10-12-26/h18-19,25-26,33H,5-17H2,1-4H3,(H,34,35)/b29-20+. The summed E-state index contributed by atoms with van der Waals surface area (Å²) in [6.07, 6.45) is 7.64. The van der Waals surface area contributed by atoms with Crippen LogP contribution in [0.2, 0.25) is 0 Å². The van der Waals surface area contributed by atoms with Gasteiger partial charge in [0.05, 0.1) is 0 Å². The molecule has 1 aliphatic heterocycles. The van der Waals surface area contributed by atoms with Crippen LogP contribution < -0.4 is 10.6 Å². The number of thioether (sulfide) groups is 1. The van der Waals surface area contributed by atoms with Crippen molar-refractivity contribution in [2.24, 2.45) is 5.92 Å². The van der Waals surface area contributed by atoms with Gasteiger partial charge in [-0.2, -0.15) is 0 Å². The van der Waals surface area contributed by atoms with Crippen molar-refractivity contribution in [3.8, 4) is 0 Å². The summed E-state index contributed by atoms with van der Waals surface area (Å²) in [5, 5.41) is 6.68. The maximum Gasteiger partial charge on any atom is 0.168 e. The molecule has 2 N–H and O–H groups in total. The van der Waals surface area contributed by atoms with E-state index >= 15 is 4.39 Å². The van der Waals surface area contributed by atoms with E-state index in [0.29, 0.717) is 48.8 Å². The number of rotatable bonds is 11. The summed E-state index contributed by atoms with van der Waals surface area (Å²) in [4.78, 5) is 8.26. The van der Waals surface area contributed by atoms with E-state index in [9.17, 15) is 4.39 Å². The van der Waals surface area contributed by atoms with Crippen LogP contribution in [0, 0.1) is 18.7 Å². The average molecular weight is 531 g/mol. The molecular formula is C30H44F2N4S. The van der Waals surface area contributed by atoms with E-state index in [-0.39, 0.29) is 11.9 Å². The van der Waals surface area contributed by atoms with E-state index in [1.807, 2.05) is 6.92 Å². The summed E-state index contributed by atoms with van der Waals surface area (Å²) in [6, 6.07) is 0.264. The molecule has 1 aromatic rings. The minimum absolute atomic E-state index is 0.264. The third-order valence-corrected chi connectivity index (χ3v) is 8.54. The number of halogens is 2. The minimum Gasteiger partial charge on any atom is -0.384 e. The number of nitrogens with zero attached hydrogens (tertiary/aromatic N) is 2. The van der Waals surface area contributed by atoms with Crippen molar-refractivity contribution in [1.29, 1.82) is 0 Å². The van der Waals surface area contributed by atoms with Crippen molar-refractivity contribution in [3.63, 3.8) is 0 Å². The van der Waals surface area contributed by atoms with Crippen molar-refractivity contribution >= 4 is 22.5 Å². The van der Waals surface area contributed by atoms with Crippen molar-refractivity contribution < 1.29 is 8.78 Å². The van der Waals surface area contributed by atoms with Gasteiger partial charge in [0.15, 0.2) is 11.6 Å². The lowest BCUT2D eigenvalue weighted by atomic mass is 9.95. The molecule has 0 bridgehead atoms. The largest absolute Gasteiger partial charge is 0.384 e. The quantitative estimate of drug-likeness (QED) is 0.284. The Kier molecular flexibility index (Phi) is 10.7. The molecule has 4 nitrogen and oxygen atoms in total. The Morgan fingerprint density at radius 3 is 2.41 bits per heavy atom. The van der Waals surface area contributed by atoms with Crippen LogP contribution in [0.15, 0.2) is 47.8 Å². The van der Waals surface area contributed by atoms with Gasteiger partial charge in [-0.1, -0.05) is 64.6 Å². The molecule has 37 heavy (non-hydrogen) atoms. The predicted molar refractivity (Wildman–Crippen MR) is 156 cm³/mol. The topological polar surface area (TPSA) is 40.2 Å². The zero-order valence-corrected chi connectivity index (χ0v) is 23.9. The molecule has 0 spiro atoms. The molecule has 1 saturated heterocycles. The number of pyridine rings is 1. The Morgan fingerprint density at radius 2 is 1.78 bits per heavy atom. The van der Waals surface area contributed by atoms with Crippen molar-refractivity contribution in [2.75, 3.05) is 25.0 Å². The molecule has 0 unspecified atom stereocenters. The molecule has 7 heteroatoms. The lowest BCUT2D eigenvalue weighted by Crippen LogP contribution is -2.33. The van der Waals surface area contributed by atoms with Crippen molar-refractivity contribution in [3.05, 3.63) is 64.8 Å². The summed E-state index contributed by atoms with van der Waals surface area (Å²) in [6.45, 7) is 22.9. The molecule has 2 aliphatic rings. The summed E-state index contributed by atoms with van der Waals surface area (Å²) < 4.78 is 29.4. The molecule has 1 aliphatic carbocycles. The lowest BCUT2D eigenvalue weighted by molar-refractivity contribution is 0.182. The van der Waals surface area contributed by atoms with Crippen molar-refractivity contribution in [1.82, 2.24) is 15.2 Å². The summed E-state index contributed by atoms with van der Waals surface area (Å²) >= 11 is 1.46. The second-order valence-corrected chi connectivity index (χ2v) is 11.9. The number of likely N-dealkylation sites (tertiary alicyclic amines) is 1. The van der Waals surface area contributed by atoms with Crippen LogP contribution in [0.4, 0.5) is 14.6 Å². The maximum absolute atomic E-state index is 15.7. The van der Waals surface area contributed by atoms with Crippen LogP contribution in [0.3, 0.4) is 0 Å². The Hall–Kier alpha value is -2.28. The van der Waals surface area contributed by atoms with E-state index in [1.165, 1.54) is 18.2 Å². The molecule has 0 atom stereocenters. The number of allylic oxidation sites excluding steroid dienone is 1. The number of anilines is 1. The van der Waals surface area contributed by atoms with Gasteiger partial charge in [0.25, 0.3) is 0 Å². The molecule has 0 aromatic carbocycles. The van der Waals surface area contributed by atoms with Crippen LogP contribution in [-0.4, -0.2) is 41.7 Å². The van der Waals surface area contributed by atoms with Gasteiger partial charge in [0.2, 0.25) is 0 Å². The monoisotopic (exact) mass is 530 g/mol. The summed E-state index contributed by atoms with van der Waals surface area (Å²) in [5.41, 5.74) is 3.74. The fraction of sp³-hybridized carbons (Fsp3) is 0.567. The number of hydrogen-bond acceptors (Lipinski definition) is 5. The second-order valence-electron chi connectivity index (χ2n) is 10.8. The number of piperidine rings is 1.